The molecule has 58 valence electrons. The van der Waals surface area contributed by atoms with Crippen molar-refractivity contribution in [2.75, 3.05) is 0 Å². The van der Waals surface area contributed by atoms with Crippen LogP contribution in [0.1, 0.15) is 27.2 Å². The number of rotatable bonds is 2. The molecule has 0 aromatic heterocycles. The molecule has 0 saturated heterocycles. The fourth-order valence-corrected chi connectivity index (χ4v) is 0.716. The summed E-state index contributed by atoms with van der Waals surface area (Å²) in [4.78, 5) is 0. The third-order valence-corrected chi connectivity index (χ3v) is 1.03. The third kappa shape index (κ3) is 5.61. The molecule has 10 heavy (non-hydrogen) atoms. The van der Waals surface area contributed by atoms with Gasteiger partial charge in [-0.3, -0.25) is 0 Å². The summed E-state index contributed by atoms with van der Waals surface area (Å²) in [6, 6.07) is 0. The molecule has 3 N–H and O–H groups in total. The van der Waals surface area contributed by atoms with Gasteiger partial charge in [-0.25, -0.2) is 0 Å². The van der Waals surface area contributed by atoms with Crippen LogP contribution in [0, 0.1) is 11.8 Å². The summed E-state index contributed by atoms with van der Waals surface area (Å²) in [5.41, 5.74) is 5.31. The van der Waals surface area contributed by atoms with Gasteiger partial charge in [0.25, 0.3) is 0 Å². The van der Waals surface area contributed by atoms with Crippen molar-refractivity contribution in [3.63, 3.8) is 0 Å². The van der Waals surface area contributed by atoms with E-state index in [1.165, 1.54) is 0 Å². The first kappa shape index (κ1) is 9.48. The van der Waals surface area contributed by atoms with E-state index in [4.69, 9.17) is 10.8 Å². The highest BCUT2D eigenvalue weighted by atomic mass is 16.3. The van der Waals surface area contributed by atoms with Crippen LogP contribution in [0.15, 0.2) is 0 Å². The molecule has 0 aromatic rings. The standard InChI is InChI=1S/C8H15NO/c1-4-5-7(10)6-8(2,3)9/h7,10H,6,9H2,1-3H3. The molecule has 2 heteroatoms. The van der Waals surface area contributed by atoms with Crippen LogP contribution in [-0.4, -0.2) is 16.7 Å². The molecule has 0 radical (unpaired) electrons. The van der Waals surface area contributed by atoms with Crippen molar-refractivity contribution in [3.8, 4) is 11.8 Å². The van der Waals surface area contributed by atoms with Crippen LogP contribution in [0.5, 0.6) is 0 Å². The van der Waals surface area contributed by atoms with Gasteiger partial charge in [0.15, 0.2) is 0 Å². The van der Waals surface area contributed by atoms with Gasteiger partial charge in [0, 0.05) is 12.0 Å². The van der Waals surface area contributed by atoms with Crippen LogP contribution in [0.4, 0.5) is 0 Å². The van der Waals surface area contributed by atoms with Gasteiger partial charge in [-0.1, -0.05) is 5.92 Å². The second-order valence-corrected chi connectivity index (χ2v) is 3.10. The smallest absolute Gasteiger partial charge is 0.116 e. The maximum atomic E-state index is 9.13. The minimum absolute atomic E-state index is 0.330. The van der Waals surface area contributed by atoms with Crippen molar-refractivity contribution in [1.82, 2.24) is 0 Å². The Balaban J connectivity index is 3.76. The first-order chi connectivity index (χ1) is 4.45. The molecular weight excluding hydrogens is 126 g/mol. The lowest BCUT2D eigenvalue weighted by Gasteiger charge is -2.19. The van der Waals surface area contributed by atoms with Crippen molar-refractivity contribution in [2.24, 2.45) is 5.73 Å². The Hall–Kier alpha value is -0.520. The van der Waals surface area contributed by atoms with Crippen LogP contribution in [-0.2, 0) is 0 Å². The summed E-state index contributed by atoms with van der Waals surface area (Å²) in [5, 5.41) is 9.13. The van der Waals surface area contributed by atoms with Crippen LogP contribution in [0.25, 0.3) is 0 Å². The molecule has 0 amide bonds. The van der Waals surface area contributed by atoms with E-state index >= 15 is 0 Å². The number of hydrogen-bond donors (Lipinski definition) is 2. The van der Waals surface area contributed by atoms with E-state index in [9.17, 15) is 0 Å². The van der Waals surface area contributed by atoms with E-state index in [0.29, 0.717) is 6.42 Å². The molecule has 0 rings (SSSR count). The fourth-order valence-electron chi connectivity index (χ4n) is 0.716. The van der Waals surface area contributed by atoms with E-state index in [0.717, 1.165) is 0 Å². The molecule has 0 aliphatic carbocycles. The highest BCUT2D eigenvalue weighted by Crippen LogP contribution is 2.06. The topological polar surface area (TPSA) is 46.2 Å². The van der Waals surface area contributed by atoms with Gasteiger partial charge in [-0.2, -0.15) is 0 Å². The van der Waals surface area contributed by atoms with Crippen LogP contribution in [0.3, 0.4) is 0 Å². The highest BCUT2D eigenvalue weighted by Gasteiger charge is 2.14. The van der Waals surface area contributed by atoms with Crippen molar-refractivity contribution >= 4 is 0 Å². The van der Waals surface area contributed by atoms with Gasteiger partial charge >= 0.3 is 0 Å². The van der Waals surface area contributed by atoms with Crippen molar-refractivity contribution < 1.29 is 5.11 Å². The predicted octanol–water partition coefficient (Wildman–Crippen LogP) is 0.498. The van der Waals surface area contributed by atoms with E-state index in [-0.39, 0.29) is 5.54 Å². The summed E-state index contributed by atoms with van der Waals surface area (Å²) in [5.74, 6) is 5.26. The summed E-state index contributed by atoms with van der Waals surface area (Å²) in [7, 11) is 0. The van der Waals surface area contributed by atoms with Gasteiger partial charge in [-0.05, 0) is 20.8 Å². The number of aliphatic hydroxyl groups excluding tert-OH is 1. The summed E-state index contributed by atoms with van der Waals surface area (Å²) in [6.45, 7) is 5.44. The molecule has 0 aliphatic rings. The molecule has 1 atom stereocenters. The molecule has 0 heterocycles. The molecule has 2 nitrogen and oxygen atoms in total. The zero-order valence-corrected chi connectivity index (χ0v) is 6.81. The first-order valence-corrected chi connectivity index (χ1v) is 3.35. The van der Waals surface area contributed by atoms with E-state index in [1.54, 1.807) is 6.92 Å². The van der Waals surface area contributed by atoms with E-state index in [2.05, 4.69) is 11.8 Å². The summed E-state index contributed by atoms with van der Waals surface area (Å²) in [6.07, 6.45) is -0.0570. The van der Waals surface area contributed by atoms with E-state index in [1.807, 2.05) is 13.8 Å². The SMILES string of the molecule is CC#CC(O)CC(C)(C)N. The number of nitrogens with two attached hydrogens (primary N) is 1. The maximum Gasteiger partial charge on any atom is 0.116 e. The third-order valence-electron chi connectivity index (χ3n) is 1.03. The van der Waals surface area contributed by atoms with Gasteiger partial charge in [0.05, 0.1) is 0 Å². The molecule has 1 unspecified atom stereocenters. The minimum atomic E-state index is -0.579. The Morgan fingerprint density at radius 1 is 1.60 bits per heavy atom. The zero-order chi connectivity index (χ0) is 8.20. The lowest BCUT2D eigenvalue weighted by Crippen LogP contribution is -2.35. The van der Waals surface area contributed by atoms with Crippen molar-refractivity contribution in [2.45, 2.75) is 38.8 Å². The Bertz CT molecular complexity index is 147. The quantitative estimate of drug-likeness (QED) is 0.550. The van der Waals surface area contributed by atoms with Crippen molar-refractivity contribution in [1.29, 1.82) is 0 Å². The molecule has 0 aliphatic heterocycles. The van der Waals surface area contributed by atoms with Crippen LogP contribution in [0.2, 0.25) is 0 Å². The molecule has 0 aromatic carbocycles. The van der Waals surface area contributed by atoms with E-state index < -0.39 is 6.10 Å². The first-order valence-electron chi connectivity index (χ1n) is 3.35. The Morgan fingerprint density at radius 2 is 2.10 bits per heavy atom. The van der Waals surface area contributed by atoms with Crippen LogP contribution < -0.4 is 5.73 Å². The van der Waals surface area contributed by atoms with Crippen LogP contribution >= 0.6 is 0 Å². The zero-order valence-electron chi connectivity index (χ0n) is 6.81. The summed E-state index contributed by atoms with van der Waals surface area (Å²) >= 11 is 0. The van der Waals surface area contributed by atoms with Gasteiger partial charge < -0.3 is 10.8 Å². The fraction of sp³-hybridized carbons (Fsp3) is 0.750. The molecule has 0 bridgehead atoms. The second-order valence-electron chi connectivity index (χ2n) is 3.10. The van der Waals surface area contributed by atoms with Gasteiger partial charge in [-0.15, -0.1) is 5.92 Å². The molecule has 0 saturated carbocycles. The lowest BCUT2D eigenvalue weighted by atomic mass is 9.99. The monoisotopic (exact) mass is 141 g/mol. The second kappa shape index (κ2) is 3.60. The predicted molar refractivity (Wildman–Crippen MR) is 42.3 cm³/mol. The number of aliphatic hydroxyl groups is 1. The highest BCUT2D eigenvalue weighted by molar-refractivity contribution is 5.03. The Morgan fingerprint density at radius 3 is 2.40 bits per heavy atom. The lowest BCUT2D eigenvalue weighted by molar-refractivity contribution is 0.193. The minimum Gasteiger partial charge on any atom is -0.380 e. The largest absolute Gasteiger partial charge is 0.380 e. The maximum absolute atomic E-state index is 9.13. The van der Waals surface area contributed by atoms with Crippen molar-refractivity contribution in [3.05, 3.63) is 0 Å². The molecule has 0 fully saturated rings. The average molecular weight is 141 g/mol. The molecular formula is C8H15NO. The van der Waals surface area contributed by atoms with Gasteiger partial charge in [0.2, 0.25) is 0 Å². The number of hydrogen-bond acceptors (Lipinski definition) is 2. The summed E-state index contributed by atoms with van der Waals surface area (Å²) < 4.78 is 0. The van der Waals surface area contributed by atoms with Gasteiger partial charge in [0.1, 0.15) is 6.10 Å². The molecule has 0 spiro atoms. The Labute approximate surface area is 62.4 Å². The average Bonchev–Trinajstić information content (AvgIpc) is 1.59. The Kier molecular flexibility index (Phi) is 3.41. The normalized spacial score (nSPS) is 13.7.